The summed E-state index contributed by atoms with van der Waals surface area (Å²) in [5.74, 6) is 0.846. The first-order chi connectivity index (χ1) is 9.28. The van der Waals surface area contributed by atoms with Crippen molar-refractivity contribution in [3.8, 4) is 5.75 Å². The fourth-order valence-corrected chi connectivity index (χ4v) is 2.89. The molecule has 1 N–H and O–H groups in total. The van der Waals surface area contributed by atoms with E-state index in [-0.39, 0.29) is 0 Å². The first-order valence-electron chi connectivity index (χ1n) is 6.07. The summed E-state index contributed by atoms with van der Waals surface area (Å²) in [4.78, 5) is 0.966. The Bertz CT molecular complexity index is 689. The Morgan fingerprint density at radius 2 is 1.84 bits per heavy atom. The molecular weight excluding hydrogens is 256 g/mol. The van der Waals surface area contributed by atoms with Crippen molar-refractivity contribution in [3.05, 3.63) is 64.4 Å². The van der Waals surface area contributed by atoms with Gasteiger partial charge in [-0.05, 0) is 46.0 Å². The molecule has 0 aliphatic heterocycles. The summed E-state index contributed by atoms with van der Waals surface area (Å²) in [5, 5.41) is 14.5. The van der Waals surface area contributed by atoms with Crippen molar-refractivity contribution in [2.24, 2.45) is 0 Å². The second-order valence-corrected chi connectivity index (χ2v) is 5.37. The van der Waals surface area contributed by atoms with Gasteiger partial charge in [-0.15, -0.1) is 11.3 Å². The molecule has 1 atom stereocenters. The average Bonchev–Trinajstić information content (AvgIpc) is 2.99. The molecule has 96 valence electrons. The maximum Gasteiger partial charge on any atom is 0.119 e. The molecule has 0 fully saturated rings. The van der Waals surface area contributed by atoms with Crippen LogP contribution < -0.4 is 4.74 Å². The summed E-state index contributed by atoms with van der Waals surface area (Å²) in [7, 11) is 1.66. The van der Waals surface area contributed by atoms with E-state index < -0.39 is 6.10 Å². The third-order valence-corrected chi connectivity index (χ3v) is 4.12. The van der Waals surface area contributed by atoms with Crippen molar-refractivity contribution >= 4 is 22.1 Å². The van der Waals surface area contributed by atoms with Gasteiger partial charge in [-0.1, -0.05) is 24.3 Å². The second kappa shape index (κ2) is 5.03. The summed E-state index contributed by atoms with van der Waals surface area (Å²) in [6.07, 6.45) is -0.550. The molecule has 0 amide bonds. The fourth-order valence-electron chi connectivity index (χ4n) is 2.15. The van der Waals surface area contributed by atoms with E-state index in [4.69, 9.17) is 4.74 Å². The molecule has 0 aliphatic carbocycles. The van der Waals surface area contributed by atoms with Gasteiger partial charge < -0.3 is 9.84 Å². The van der Waals surface area contributed by atoms with Crippen LogP contribution >= 0.6 is 11.3 Å². The molecular formula is C16H14O2S. The van der Waals surface area contributed by atoms with Crippen LogP contribution in [0.5, 0.6) is 5.75 Å². The molecule has 0 saturated carbocycles. The normalized spacial score (nSPS) is 12.5. The molecule has 0 radical (unpaired) electrons. The molecule has 0 spiro atoms. The molecule has 19 heavy (non-hydrogen) atoms. The number of ether oxygens (including phenoxy) is 1. The topological polar surface area (TPSA) is 29.5 Å². The van der Waals surface area contributed by atoms with Crippen LogP contribution in [0.15, 0.2) is 53.9 Å². The van der Waals surface area contributed by atoms with Crippen molar-refractivity contribution in [3.63, 3.8) is 0 Å². The highest BCUT2D eigenvalue weighted by atomic mass is 32.1. The molecule has 3 heteroatoms. The standard InChI is InChI=1S/C16H14O2S/c1-18-14-7-6-11-9-13(5-4-12(11)10-14)16(17)15-3-2-8-19-15/h2-10,16-17H,1H3. The zero-order valence-corrected chi connectivity index (χ0v) is 11.4. The summed E-state index contributed by atoms with van der Waals surface area (Å²) in [6, 6.07) is 15.9. The highest BCUT2D eigenvalue weighted by Gasteiger charge is 2.11. The minimum atomic E-state index is -0.550. The molecule has 0 aliphatic rings. The molecule has 0 bridgehead atoms. The van der Waals surface area contributed by atoms with Crippen molar-refractivity contribution in [2.75, 3.05) is 7.11 Å². The Hall–Kier alpha value is -1.84. The summed E-state index contributed by atoms with van der Waals surface area (Å²) in [6.45, 7) is 0. The van der Waals surface area contributed by atoms with Crippen LogP contribution in [0, 0.1) is 0 Å². The molecule has 0 saturated heterocycles. The number of thiophene rings is 1. The van der Waals surface area contributed by atoms with Crippen LogP contribution in [-0.4, -0.2) is 12.2 Å². The van der Waals surface area contributed by atoms with Gasteiger partial charge in [0.2, 0.25) is 0 Å². The minimum Gasteiger partial charge on any atom is -0.497 e. The summed E-state index contributed by atoms with van der Waals surface area (Å²) in [5.41, 5.74) is 0.917. The third-order valence-electron chi connectivity index (χ3n) is 3.20. The Kier molecular flexibility index (Phi) is 3.23. The number of benzene rings is 2. The highest BCUT2D eigenvalue weighted by molar-refractivity contribution is 7.10. The lowest BCUT2D eigenvalue weighted by molar-refractivity contribution is 0.224. The number of hydrogen-bond donors (Lipinski definition) is 1. The average molecular weight is 270 g/mol. The molecule has 1 heterocycles. The van der Waals surface area contributed by atoms with Crippen LogP contribution in [-0.2, 0) is 0 Å². The van der Waals surface area contributed by atoms with E-state index >= 15 is 0 Å². The van der Waals surface area contributed by atoms with E-state index in [9.17, 15) is 5.11 Å². The fraction of sp³-hybridized carbons (Fsp3) is 0.125. The van der Waals surface area contributed by atoms with E-state index in [1.807, 2.05) is 53.9 Å². The Morgan fingerprint density at radius 3 is 2.58 bits per heavy atom. The molecule has 2 nitrogen and oxygen atoms in total. The van der Waals surface area contributed by atoms with Crippen molar-refractivity contribution in [2.45, 2.75) is 6.10 Å². The zero-order valence-electron chi connectivity index (χ0n) is 10.5. The van der Waals surface area contributed by atoms with Gasteiger partial charge in [0.15, 0.2) is 0 Å². The largest absolute Gasteiger partial charge is 0.497 e. The minimum absolute atomic E-state index is 0.550. The van der Waals surface area contributed by atoms with Gasteiger partial charge in [0.1, 0.15) is 11.9 Å². The van der Waals surface area contributed by atoms with E-state index in [0.717, 1.165) is 27.0 Å². The first kappa shape index (κ1) is 12.2. The van der Waals surface area contributed by atoms with Gasteiger partial charge in [-0.25, -0.2) is 0 Å². The maximum atomic E-state index is 10.3. The van der Waals surface area contributed by atoms with Crippen LogP contribution in [0.3, 0.4) is 0 Å². The van der Waals surface area contributed by atoms with E-state index in [1.54, 1.807) is 18.4 Å². The lowest BCUT2D eigenvalue weighted by Gasteiger charge is -2.10. The highest BCUT2D eigenvalue weighted by Crippen LogP contribution is 2.29. The predicted molar refractivity (Wildman–Crippen MR) is 78.9 cm³/mol. The molecule has 1 aromatic heterocycles. The van der Waals surface area contributed by atoms with E-state index in [1.165, 1.54) is 0 Å². The SMILES string of the molecule is COc1ccc2cc(C(O)c3cccs3)ccc2c1. The predicted octanol–water partition coefficient (Wildman–Crippen LogP) is 3.99. The quantitative estimate of drug-likeness (QED) is 0.779. The Balaban J connectivity index is 2.02. The van der Waals surface area contributed by atoms with Crippen molar-refractivity contribution < 1.29 is 9.84 Å². The van der Waals surface area contributed by atoms with Crippen LogP contribution in [0.2, 0.25) is 0 Å². The second-order valence-electron chi connectivity index (χ2n) is 4.39. The van der Waals surface area contributed by atoms with Gasteiger partial charge in [0, 0.05) is 4.88 Å². The molecule has 1 unspecified atom stereocenters. The van der Waals surface area contributed by atoms with Crippen LogP contribution in [0.1, 0.15) is 16.5 Å². The number of aliphatic hydroxyl groups excluding tert-OH is 1. The van der Waals surface area contributed by atoms with Crippen LogP contribution in [0.25, 0.3) is 10.8 Å². The van der Waals surface area contributed by atoms with Gasteiger partial charge in [-0.2, -0.15) is 0 Å². The van der Waals surface area contributed by atoms with Crippen LogP contribution in [0.4, 0.5) is 0 Å². The number of hydrogen-bond acceptors (Lipinski definition) is 3. The Labute approximate surface area is 115 Å². The maximum absolute atomic E-state index is 10.3. The Morgan fingerprint density at radius 1 is 1.05 bits per heavy atom. The number of methoxy groups -OCH3 is 1. The summed E-state index contributed by atoms with van der Waals surface area (Å²) >= 11 is 1.57. The lowest BCUT2D eigenvalue weighted by Crippen LogP contribution is -1.96. The molecule has 3 aromatic rings. The van der Waals surface area contributed by atoms with Gasteiger partial charge in [0.25, 0.3) is 0 Å². The van der Waals surface area contributed by atoms with E-state index in [0.29, 0.717) is 0 Å². The van der Waals surface area contributed by atoms with Gasteiger partial charge >= 0.3 is 0 Å². The third kappa shape index (κ3) is 2.35. The smallest absolute Gasteiger partial charge is 0.119 e. The zero-order chi connectivity index (χ0) is 13.2. The van der Waals surface area contributed by atoms with Gasteiger partial charge in [0.05, 0.1) is 7.11 Å². The number of aliphatic hydroxyl groups is 1. The van der Waals surface area contributed by atoms with Gasteiger partial charge in [-0.3, -0.25) is 0 Å². The number of fused-ring (bicyclic) bond motifs is 1. The number of rotatable bonds is 3. The van der Waals surface area contributed by atoms with E-state index in [2.05, 4.69) is 0 Å². The summed E-state index contributed by atoms with van der Waals surface area (Å²) < 4.78 is 5.21. The lowest BCUT2D eigenvalue weighted by atomic mass is 10.0. The van der Waals surface area contributed by atoms with Crippen molar-refractivity contribution in [1.29, 1.82) is 0 Å². The molecule has 2 aromatic carbocycles. The monoisotopic (exact) mass is 270 g/mol. The van der Waals surface area contributed by atoms with Crippen molar-refractivity contribution in [1.82, 2.24) is 0 Å². The first-order valence-corrected chi connectivity index (χ1v) is 6.95. The molecule has 3 rings (SSSR count).